The third kappa shape index (κ3) is 6.16. The molecular formula is C25H32FNO4S2. The fourth-order valence-corrected chi connectivity index (χ4v) is 5.97. The molecule has 0 aliphatic carbocycles. The van der Waals surface area contributed by atoms with E-state index in [4.69, 9.17) is 9.84 Å². The van der Waals surface area contributed by atoms with Crippen LogP contribution in [0.5, 0.6) is 5.75 Å². The summed E-state index contributed by atoms with van der Waals surface area (Å²) in [6, 6.07) is 10.6. The molecule has 0 saturated carbocycles. The Kier molecular flexibility index (Phi) is 8.95. The minimum atomic E-state index is -1.58. The molecule has 0 aromatic heterocycles. The number of halogens is 1. The first-order chi connectivity index (χ1) is 15.8. The second-order valence-corrected chi connectivity index (χ2v) is 10.3. The van der Waals surface area contributed by atoms with Gasteiger partial charge in [-0.1, -0.05) is 26.7 Å². The number of ether oxygens (including phenoxy) is 1. The molecule has 1 heterocycles. The number of hydrogen-bond acceptors (Lipinski definition) is 6. The van der Waals surface area contributed by atoms with Crippen LogP contribution in [0.2, 0.25) is 0 Å². The van der Waals surface area contributed by atoms with Gasteiger partial charge in [0.2, 0.25) is 0 Å². The number of carbonyl (C=O) groups is 1. The molecule has 2 aromatic carbocycles. The molecule has 2 atom stereocenters. The maximum atomic E-state index is 13.7. The van der Waals surface area contributed by atoms with Crippen molar-refractivity contribution in [1.29, 1.82) is 0 Å². The monoisotopic (exact) mass is 493 g/mol. The Labute approximate surface area is 203 Å². The van der Waals surface area contributed by atoms with Crippen molar-refractivity contribution in [1.82, 2.24) is 0 Å². The molecule has 0 bridgehead atoms. The Morgan fingerprint density at radius 2 is 2.03 bits per heavy atom. The van der Waals surface area contributed by atoms with Crippen LogP contribution in [0.25, 0.3) is 0 Å². The second kappa shape index (κ2) is 11.5. The van der Waals surface area contributed by atoms with Crippen LogP contribution in [0.3, 0.4) is 0 Å². The zero-order valence-corrected chi connectivity index (χ0v) is 21.0. The fourth-order valence-electron chi connectivity index (χ4n) is 4.01. The van der Waals surface area contributed by atoms with Crippen LogP contribution in [0.15, 0.2) is 46.2 Å². The van der Waals surface area contributed by atoms with Gasteiger partial charge in [0.15, 0.2) is 6.10 Å². The summed E-state index contributed by atoms with van der Waals surface area (Å²) in [5.74, 6) is -0.0626. The zero-order valence-electron chi connectivity index (χ0n) is 19.3. The minimum Gasteiger partial charge on any atom is -0.489 e. The van der Waals surface area contributed by atoms with Crippen molar-refractivity contribution in [2.75, 3.05) is 30.1 Å². The normalized spacial score (nSPS) is 19.0. The number of anilines is 2. The highest BCUT2D eigenvalue weighted by Gasteiger charge is 2.35. The number of fused-ring (bicyclic) bond motifs is 1. The Morgan fingerprint density at radius 3 is 2.64 bits per heavy atom. The molecule has 180 valence electrons. The molecular weight excluding hydrogens is 461 g/mol. The zero-order chi connectivity index (χ0) is 24.0. The van der Waals surface area contributed by atoms with E-state index in [0.29, 0.717) is 5.75 Å². The number of nitrogens with zero attached hydrogens (tertiary/aromatic N) is 1. The van der Waals surface area contributed by atoms with Crippen LogP contribution in [-0.4, -0.2) is 47.4 Å². The van der Waals surface area contributed by atoms with E-state index in [0.717, 1.165) is 59.1 Å². The van der Waals surface area contributed by atoms with Gasteiger partial charge in [-0.25, -0.2) is 9.18 Å². The summed E-state index contributed by atoms with van der Waals surface area (Å²) >= 11 is 3.29. The lowest BCUT2D eigenvalue weighted by Gasteiger charge is -2.37. The lowest BCUT2D eigenvalue weighted by Crippen LogP contribution is -2.36. The molecule has 3 rings (SSSR count). The Bertz CT molecular complexity index is 956. The number of carboxylic acid groups (broad SMARTS) is 1. The smallest absolute Gasteiger partial charge is 0.336 e. The van der Waals surface area contributed by atoms with Gasteiger partial charge in [0.25, 0.3) is 0 Å². The third-order valence-corrected chi connectivity index (χ3v) is 8.35. The highest BCUT2D eigenvalue weighted by molar-refractivity contribution is 7.99. The predicted octanol–water partition coefficient (Wildman–Crippen LogP) is 6.20. The standard InChI is InChI=1S/C25H32FNO4S2/c1-4-6-11-25(5-2)15-27(18-9-7-17(26)8-10-18)19-12-23(32-3)21(13-22(19)33-16-25)31-14-20(28)24(29)30/h7-10,12-13,20,28H,4-6,11,14-16H2,1-3H3,(H,29,30). The van der Waals surface area contributed by atoms with Crippen LogP contribution in [0.4, 0.5) is 15.8 Å². The summed E-state index contributed by atoms with van der Waals surface area (Å²) in [7, 11) is 0. The molecule has 1 aliphatic heterocycles. The number of carboxylic acids is 1. The summed E-state index contributed by atoms with van der Waals surface area (Å²) in [6.07, 6.45) is 4.79. The van der Waals surface area contributed by atoms with E-state index in [1.54, 1.807) is 11.8 Å². The van der Waals surface area contributed by atoms with Gasteiger partial charge in [0.1, 0.15) is 18.2 Å². The van der Waals surface area contributed by atoms with Crippen molar-refractivity contribution in [2.24, 2.45) is 5.41 Å². The first-order valence-corrected chi connectivity index (χ1v) is 13.4. The molecule has 1 aliphatic rings. The lowest BCUT2D eigenvalue weighted by molar-refractivity contribution is -0.148. The van der Waals surface area contributed by atoms with Gasteiger partial charge >= 0.3 is 5.97 Å². The highest BCUT2D eigenvalue weighted by Crippen LogP contribution is 2.49. The van der Waals surface area contributed by atoms with E-state index in [9.17, 15) is 14.3 Å². The molecule has 8 heteroatoms. The first-order valence-electron chi connectivity index (χ1n) is 11.2. The van der Waals surface area contributed by atoms with Crippen molar-refractivity contribution in [3.63, 3.8) is 0 Å². The first kappa shape index (κ1) is 25.7. The molecule has 0 fully saturated rings. The number of benzene rings is 2. The van der Waals surface area contributed by atoms with Crippen LogP contribution in [-0.2, 0) is 4.79 Å². The predicted molar refractivity (Wildman–Crippen MR) is 134 cm³/mol. The van der Waals surface area contributed by atoms with E-state index in [-0.39, 0.29) is 17.8 Å². The van der Waals surface area contributed by atoms with E-state index in [1.165, 1.54) is 23.9 Å². The van der Waals surface area contributed by atoms with Gasteiger partial charge in [-0.3, -0.25) is 0 Å². The summed E-state index contributed by atoms with van der Waals surface area (Å²) in [5.41, 5.74) is 2.08. The number of aliphatic hydroxyl groups is 1. The molecule has 0 saturated heterocycles. The Balaban J connectivity index is 2.05. The molecule has 2 aromatic rings. The maximum absolute atomic E-state index is 13.7. The Hall–Kier alpha value is -1.90. The van der Waals surface area contributed by atoms with Crippen molar-refractivity contribution in [3.8, 4) is 5.75 Å². The van der Waals surface area contributed by atoms with Gasteiger partial charge in [-0.2, -0.15) is 0 Å². The number of aliphatic hydroxyl groups excluding tert-OH is 1. The summed E-state index contributed by atoms with van der Waals surface area (Å²) in [5, 5.41) is 18.6. The average molecular weight is 494 g/mol. The van der Waals surface area contributed by atoms with Crippen LogP contribution in [0.1, 0.15) is 39.5 Å². The Morgan fingerprint density at radius 1 is 1.30 bits per heavy atom. The van der Waals surface area contributed by atoms with Crippen molar-refractivity contribution < 1.29 is 24.1 Å². The van der Waals surface area contributed by atoms with E-state index >= 15 is 0 Å². The van der Waals surface area contributed by atoms with Crippen LogP contribution in [0, 0.1) is 11.2 Å². The molecule has 0 spiro atoms. The number of unbranched alkanes of at least 4 members (excludes halogenated alkanes) is 1. The largest absolute Gasteiger partial charge is 0.489 e. The topological polar surface area (TPSA) is 70.0 Å². The van der Waals surface area contributed by atoms with E-state index in [1.807, 2.05) is 24.5 Å². The van der Waals surface area contributed by atoms with Gasteiger partial charge in [-0.05, 0) is 60.9 Å². The van der Waals surface area contributed by atoms with Crippen molar-refractivity contribution in [2.45, 2.75) is 55.4 Å². The van der Waals surface area contributed by atoms with Crippen LogP contribution < -0.4 is 9.64 Å². The molecule has 33 heavy (non-hydrogen) atoms. The van der Waals surface area contributed by atoms with Gasteiger partial charge in [0, 0.05) is 22.9 Å². The van der Waals surface area contributed by atoms with Crippen molar-refractivity contribution >= 4 is 40.9 Å². The van der Waals surface area contributed by atoms with Gasteiger partial charge in [0.05, 0.1) is 10.6 Å². The van der Waals surface area contributed by atoms with Gasteiger partial charge < -0.3 is 19.8 Å². The number of thioether (sulfide) groups is 2. The summed E-state index contributed by atoms with van der Waals surface area (Å²) in [4.78, 5) is 15.2. The SMILES string of the molecule is CCCCC1(CC)CSc2cc(OCC(O)C(=O)O)c(SC)cc2N(c2ccc(F)cc2)C1. The molecule has 2 N–H and O–H groups in total. The lowest BCUT2D eigenvalue weighted by atomic mass is 9.81. The fraction of sp³-hybridized carbons (Fsp3) is 0.480. The van der Waals surface area contributed by atoms with Crippen molar-refractivity contribution in [3.05, 3.63) is 42.2 Å². The molecule has 0 amide bonds. The summed E-state index contributed by atoms with van der Waals surface area (Å²) in [6.45, 7) is 4.97. The molecule has 2 unspecified atom stereocenters. The highest BCUT2D eigenvalue weighted by atomic mass is 32.2. The van der Waals surface area contributed by atoms with E-state index < -0.39 is 12.1 Å². The number of aliphatic carboxylic acids is 1. The maximum Gasteiger partial charge on any atom is 0.336 e. The quantitative estimate of drug-likeness (QED) is 0.382. The second-order valence-electron chi connectivity index (χ2n) is 8.44. The minimum absolute atomic E-state index is 0.105. The third-order valence-electron chi connectivity index (χ3n) is 6.19. The summed E-state index contributed by atoms with van der Waals surface area (Å²) < 4.78 is 19.4. The van der Waals surface area contributed by atoms with Crippen LogP contribution >= 0.6 is 23.5 Å². The molecule has 5 nitrogen and oxygen atoms in total. The number of hydrogen-bond donors (Lipinski definition) is 2. The van der Waals surface area contributed by atoms with E-state index in [2.05, 4.69) is 24.8 Å². The van der Waals surface area contributed by atoms with Gasteiger partial charge in [-0.15, -0.1) is 23.5 Å². The number of rotatable bonds is 10. The average Bonchev–Trinajstić information content (AvgIpc) is 2.98. The molecule has 0 radical (unpaired) electrons.